The van der Waals surface area contributed by atoms with Gasteiger partial charge in [0.15, 0.2) is 0 Å². The molecule has 0 saturated heterocycles. The fourth-order valence-corrected chi connectivity index (χ4v) is 1.85. The zero-order valence-electron chi connectivity index (χ0n) is 12.1. The average Bonchev–Trinajstić information content (AvgIpc) is 2.42. The van der Waals surface area contributed by atoms with Crippen LogP contribution in [0.5, 0.6) is 0 Å². The van der Waals surface area contributed by atoms with Crippen LogP contribution in [0.1, 0.15) is 31.1 Å². The summed E-state index contributed by atoms with van der Waals surface area (Å²) in [6.45, 7) is 5.78. The molecule has 20 heavy (non-hydrogen) atoms. The van der Waals surface area contributed by atoms with Crippen LogP contribution in [-0.4, -0.2) is 29.9 Å². The zero-order valence-corrected chi connectivity index (χ0v) is 12.1. The third kappa shape index (κ3) is 4.62. The number of nitrogens with zero attached hydrogens (tertiary/aromatic N) is 1. The lowest BCUT2D eigenvalue weighted by molar-refractivity contribution is -0.126. The van der Waals surface area contributed by atoms with Gasteiger partial charge in [-0.15, -0.1) is 0 Å². The number of nitrogens with two attached hydrogens (primary N) is 1. The minimum absolute atomic E-state index is 0.0782. The maximum absolute atomic E-state index is 11.9. The predicted octanol–water partition coefficient (Wildman–Crippen LogP) is 0.278. The monoisotopic (exact) mass is 278 g/mol. The van der Waals surface area contributed by atoms with E-state index in [0.717, 1.165) is 11.3 Å². The van der Waals surface area contributed by atoms with Crippen molar-refractivity contribution in [2.75, 3.05) is 13.1 Å². The standard InChI is InChI=1S/C14H22N4O2/c1-9(2)13(14-10(3)5-4-6-16-14)18-12(20)8-17-11(19)7-15/h4-6,9,13H,7-8,15H2,1-3H3,(H,17,19)(H,18,20). The second kappa shape index (κ2) is 7.59. The van der Waals surface area contributed by atoms with E-state index >= 15 is 0 Å². The summed E-state index contributed by atoms with van der Waals surface area (Å²) in [7, 11) is 0. The molecule has 1 aromatic heterocycles. The lowest BCUT2D eigenvalue weighted by Gasteiger charge is -2.23. The van der Waals surface area contributed by atoms with Gasteiger partial charge in [0.2, 0.25) is 11.8 Å². The van der Waals surface area contributed by atoms with Gasteiger partial charge in [-0.1, -0.05) is 19.9 Å². The third-order valence-electron chi connectivity index (χ3n) is 2.96. The van der Waals surface area contributed by atoms with E-state index in [2.05, 4.69) is 15.6 Å². The van der Waals surface area contributed by atoms with Crippen LogP contribution >= 0.6 is 0 Å². The first-order valence-electron chi connectivity index (χ1n) is 6.63. The summed E-state index contributed by atoms with van der Waals surface area (Å²) in [6, 6.07) is 3.64. The number of carbonyl (C=O) groups excluding carboxylic acids is 2. The van der Waals surface area contributed by atoms with Gasteiger partial charge in [0.25, 0.3) is 0 Å². The van der Waals surface area contributed by atoms with Crippen molar-refractivity contribution in [2.45, 2.75) is 26.8 Å². The Balaban J connectivity index is 2.71. The summed E-state index contributed by atoms with van der Waals surface area (Å²) in [5.74, 6) is -0.413. The number of aryl methyl sites for hydroxylation is 1. The van der Waals surface area contributed by atoms with E-state index in [9.17, 15) is 9.59 Å². The molecule has 0 aromatic carbocycles. The van der Waals surface area contributed by atoms with Crippen molar-refractivity contribution in [3.05, 3.63) is 29.6 Å². The van der Waals surface area contributed by atoms with Gasteiger partial charge in [0, 0.05) is 6.20 Å². The van der Waals surface area contributed by atoms with Gasteiger partial charge in [-0.05, 0) is 24.5 Å². The summed E-state index contributed by atoms with van der Waals surface area (Å²) in [5.41, 5.74) is 7.04. The topological polar surface area (TPSA) is 97.1 Å². The average molecular weight is 278 g/mol. The highest BCUT2D eigenvalue weighted by atomic mass is 16.2. The molecule has 0 radical (unpaired) electrons. The van der Waals surface area contributed by atoms with E-state index in [0.29, 0.717) is 0 Å². The zero-order chi connectivity index (χ0) is 15.1. The summed E-state index contributed by atoms with van der Waals surface area (Å²) >= 11 is 0. The molecule has 0 aliphatic rings. The van der Waals surface area contributed by atoms with Gasteiger partial charge >= 0.3 is 0 Å². The summed E-state index contributed by atoms with van der Waals surface area (Å²) in [5, 5.41) is 5.34. The quantitative estimate of drug-likeness (QED) is 0.696. The fourth-order valence-electron chi connectivity index (χ4n) is 1.85. The molecule has 0 fully saturated rings. The van der Waals surface area contributed by atoms with Crippen LogP contribution in [0.15, 0.2) is 18.3 Å². The van der Waals surface area contributed by atoms with Crippen molar-refractivity contribution in [1.82, 2.24) is 15.6 Å². The minimum atomic E-state index is -0.352. The fraction of sp³-hybridized carbons (Fsp3) is 0.500. The number of aromatic nitrogens is 1. The van der Waals surface area contributed by atoms with Crippen molar-refractivity contribution >= 4 is 11.8 Å². The van der Waals surface area contributed by atoms with Crippen LogP contribution in [0, 0.1) is 12.8 Å². The highest BCUT2D eigenvalue weighted by Gasteiger charge is 2.21. The van der Waals surface area contributed by atoms with E-state index in [1.807, 2.05) is 32.9 Å². The Morgan fingerprint density at radius 2 is 2.05 bits per heavy atom. The Hall–Kier alpha value is -1.95. The van der Waals surface area contributed by atoms with Gasteiger partial charge in [-0.2, -0.15) is 0 Å². The van der Waals surface area contributed by atoms with Crippen LogP contribution in [-0.2, 0) is 9.59 Å². The van der Waals surface area contributed by atoms with Crippen molar-refractivity contribution in [2.24, 2.45) is 11.7 Å². The number of hydrogen-bond donors (Lipinski definition) is 3. The molecule has 6 heteroatoms. The Morgan fingerprint density at radius 1 is 1.35 bits per heavy atom. The number of hydrogen-bond acceptors (Lipinski definition) is 4. The highest BCUT2D eigenvalue weighted by molar-refractivity contribution is 5.85. The van der Waals surface area contributed by atoms with E-state index in [1.165, 1.54) is 0 Å². The minimum Gasteiger partial charge on any atom is -0.346 e. The van der Waals surface area contributed by atoms with Gasteiger partial charge in [0.1, 0.15) is 0 Å². The molecule has 6 nitrogen and oxygen atoms in total. The van der Waals surface area contributed by atoms with Gasteiger partial charge in [0.05, 0.1) is 24.8 Å². The lowest BCUT2D eigenvalue weighted by Crippen LogP contribution is -2.42. The lowest BCUT2D eigenvalue weighted by atomic mass is 9.97. The Morgan fingerprint density at radius 3 is 2.60 bits per heavy atom. The summed E-state index contributed by atoms with van der Waals surface area (Å²) in [6.07, 6.45) is 1.71. The molecule has 0 saturated carbocycles. The molecule has 1 rings (SSSR count). The number of rotatable bonds is 6. The molecule has 110 valence electrons. The number of nitrogens with one attached hydrogen (secondary N) is 2. The molecular weight excluding hydrogens is 256 g/mol. The maximum atomic E-state index is 11.9. The molecule has 2 amide bonds. The Labute approximate surface area is 119 Å². The molecule has 1 unspecified atom stereocenters. The smallest absolute Gasteiger partial charge is 0.239 e. The maximum Gasteiger partial charge on any atom is 0.239 e. The van der Waals surface area contributed by atoms with E-state index in [1.54, 1.807) is 6.20 Å². The van der Waals surface area contributed by atoms with E-state index in [-0.39, 0.29) is 36.9 Å². The molecule has 1 atom stereocenters. The van der Waals surface area contributed by atoms with E-state index < -0.39 is 0 Å². The van der Waals surface area contributed by atoms with Crippen molar-refractivity contribution < 1.29 is 9.59 Å². The normalized spacial score (nSPS) is 12.1. The Kier molecular flexibility index (Phi) is 6.11. The van der Waals surface area contributed by atoms with Crippen LogP contribution < -0.4 is 16.4 Å². The molecule has 4 N–H and O–H groups in total. The van der Waals surface area contributed by atoms with Gasteiger partial charge in [-0.3, -0.25) is 14.6 Å². The Bertz CT molecular complexity index is 474. The third-order valence-corrected chi connectivity index (χ3v) is 2.96. The molecule has 0 spiro atoms. The molecule has 0 bridgehead atoms. The first-order valence-corrected chi connectivity index (χ1v) is 6.63. The molecule has 1 heterocycles. The molecule has 0 aliphatic carbocycles. The van der Waals surface area contributed by atoms with Gasteiger partial charge in [-0.25, -0.2) is 0 Å². The second-order valence-corrected chi connectivity index (χ2v) is 4.98. The first-order chi connectivity index (χ1) is 9.45. The second-order valence-electron chi connectivity index (χ2n) is 4.98. The van der Waals surface area contributed by atoms with E-state index in [4.69, 9.17) is 5.73 Å². The SMILES string of the molecule is Cc1cccnc1C(NC(=O)CNC(=O)CN)C(C)C. The van der Waals surface area contributed by atoms with Crippen LogP contribution in [0.4, 0.5) is 0 Å². The number of amides is 2. The van der Waals surface area contributed by atoms with Crippen molar-refractivity contribution in [3.8, 4) is 0 Å². The number of carbonyl (C=O) groups is 2. The van der Waals surface area contributed by atoms with Crippen LogP contribution in [0.25, 0.3) is 0 Å². The number of pyridine rings is 1. The van der Waals surface area contributed by atoms with Crippen molar-refractivity contribution in [1.29, 1.82) is 0 Å². The van der Waals surface area contributed by atoms with Crippen LogP contribution in [0.2, 0.25) is 0 Å². The molecular formula is C14H22N4O2. The largest absolute Gasteiger partial charge is 0.346 e. The van der Waals surface area contributed by atoms with Crippen LogP contribution in [0.3, 0.4) is 0 Å². The molecule has 0 aliphatic heterocycles. The highest BCUT2D eigenvalue weighted by Crippen LogP contribution is 2.22. The first kappa shape index (κ1) is 16.1. The molecule has 1 aromatic rings. The van der Waals surface area contributed by atoms with Gasteiger partial charge < -0.3 is 16.4 Å². The summed E-state index contributed by atoms with van der Waals surface area (Å²) < 4.78 is 0. The van der Waals surface area contributed by atoms with Crippen molar-refractivity contribution in [3.63, 3.8) is 0 Å². The predicted molar refractivity (Wildman–Crippen MR) is 76.8 cm³/mol. The summed E-state index contributed by atoms with van der Waals surface area (Å²) in [4.78, 5) is 27.2.